The normalized spacial score (nSPS) is 10.9. The molecule has 0 aliphatic carbocycles. The van der Waals surface area contributed by atoms with Crippen LogP contribution in [0.5, 0.6) is 0 Å². The number of aromatic nitrogens is 1. The molecule has 1 N–H and O–H groups in total. The molecule has 0 unspecified atom stereocenters. The van der Waals surface area contributed by atoms with Gasteiger partial charge in [0.2, 0.25) is 0 Å². The number of hydrogen-bond acceptors (Lipinski definition) is 1. The molecule has 0 fully saturated rings. The van der Waals surface area contributed by atoms with Crippen LogP contribution >= 0.6 is 0 Å². The van der Waals surface area contributed by atoms with Crippen LogP contribution in [-0.2, 0) is 20.1 Å². The van der Waals surface area contributed by atoms with Crippen molar-refractivity contribution in [3.05, 3.63) is 58.4 Å². The Morgan fingerprint density at radius 2 is 1.67 bits per heavy atom. The number of benzene rings is 1. The summed E-state index contributed by atoms with van der Waals surface area (Å²) in [7, 11) is 2.12. The van der Waals surface area contributed by atoms with Gasteiger partial charge >= 0.3 is 0 Å². The number of rotatable bonds is 4. The van der Waals surface area contributed by atoms with Gasteiger partial charge in [-0.1, -0.05) is 29.8 Å². The van der Waals surface area contributed by atoms with Crippen molar-refractivity contribution in [3.63, 3.8) is 0 Å². The van der Waals surface area contributed by atoms with Gasteiger partial charge in [-0.05, 0) is 38.0 Å². The lowest BCUT2D eigenvalue weighted by Gasteiger charge is -2.06. The van der Waals surface area contributed by atoms with Crippen molar-refractivity contribution < 1.29 is 0 Å². The molecule has 1 heterocycles. The molecule has 96 valence electrons. The molecule has 0 saturated heterocycles. The Hall–Kier alpha value is -1.54. The molecule has 2 nitrogen and oxygen atoms in total. The number of aryl methyl sites for hydroxylation is 2. The molecule has 2 heteroatoms. The maximum Gasteiger partial charge on any atom is 0.0226 e. The lowest BCUT2D eigenvalue weighted by atomic mass is 10.1. The van der Waals surface area contributed by atoms with Crippen LogP contribution in [0.25, 0.3) is 0 Å². The van der Waals surface area contributed by atoms with Crippen LogP contribution in [0.2, 0.25) is 0 Å². The Morgan fingerprint density at radius 1 is 1.00 bits per heavy atom. The Balaban J connectivity index is 1.92. The van der Waals surface area contributed by atoms with Gasteiger partial charge in [0.1, 0.15) is 0 Å². The van der Waals surface area contributed by atoms with E-state index in [0.717, 1.165) is 13.1 Å². The van der Waals surface area contributed by atoms with Gasteiger partial charge in [-0.15, -0.1) is 0 Å². The van der Waals surface area contributed by atoms with Gasteiger partial charge in [0.15, 0.2) is 0 Å². The number of nitrogens with zero attached hydrogens (tertiary/aromatic N) is 1. The third kappa shape index (κ3) is 2.82. The minimum atomic E-state index is 0.924. The summed E-state index contributed by atoms with van der Waals surface area (Å²) in [4.78, 5) is 0. The predicted molar refractivity (Wildman–Crippen MR) is 76.6 cm³/mol. The highest BCUT2D eigenvalue weighted by atomic mass is 15.0. The van der Waals surface area contributed by atoms with Crippen molar-refractivity contribution in [1.82, 2.24) is 9.88 Å². The van der Waals surface area contributed by atoms with E-state index in [-0.39, 0.29) is 0 Å². The Kier molecular flexibility index (Phi) is 3.87. The van der Waals surface area contributed by atoms with Crippen LogP contribution in [0.15, 0.2) is 30.3 Å². The highest BCUT2D eigenvalue weighted by Gasteiger charge is 2.05. The van der Waals surface area contributed by atoms with Crippen LogP contribution in [-0.4, -0.2) is 4.57 Å². The van der Waals surface area contributed by atoms with Gasteiger partial charge < -0.3 is 9.88 Å². The zero-order valence-corrected chi connectivity index (χ0v) is 11.7. The summed E-state index contributed by atoms with van der Waals surface area (Å²) < 4.78 is 2.24. The minimum Gasteiger partial charge on any atom is -0.352 e. The van der Waals surface area contributed by atoms with Gasteiger partial charge in [-0.3, -0.25) is 0 Å². The highest BCUT2D eigenvalue weighted by molar-refractivity contribution is 5.26. The molecule has 2 rings (SSSR count). The molecule has 0 amide bonds. The molecule has 1 aromatic carbocycles. The second kappa shape index (κ2) is 5.40. The van der Waals surface area contributed by atoms with Gasteiger partial charge in [0.25, 0.3) is 0 Å². The molecule has 0 atom stereocenters. The van der Waals surface area contributed by atoms with Crippen LogP contribution in [0.1, 0.15) is 28.1 Å². The zero-order valence-electron chi connectivity index (χ0n) is 11.7. The van der Waals surface area contributed by atoms with Crippen molar-refractivity contribution in [2.45, 2.75) is 33.9 Å². The van der Waals surface area contributed by atoms with E-state index in [0.29, 0.717) is 0 Å². The maximum absolute atomic E-state index is 3.51. The molecule has 0 spiro atoms. The first kappa shape index (κ1) is 12.9. The van der Waals surface area contributed by atoms with Crippen LogP contribution in [0.3, 0.4) is 0 Å². The van der Waals surface area contributed by atoms with Crippen molar-refractivity contribution in [1.29, 1.82) is 0 Å². The fraction of sp³-hybridized carbons (Fsp3) is 0.375. The summed E-state index contributed by atoms with van der Waals surface area (Å²) in [6, 6.07) is 11.0. The Labute approximate surface area is 110 Å². The van der Waals surface area contributed by atoms with Crippen molar-refractivity contribution in [2.24, 2.45) is 7.05 Å². The van der Waals surface area contributed by atoms with Crippen molar-refractivity contribution in [2.75, 3.05) is 0 Å². The average Bonchev–Trinajstić information content (AvgIpc) is 2.60. The highest BCUT2D eigenvalue weighted by Crippen LogP contribution is 2.13. The van der Waals surface area contributed by atoms with Gasteiger partial charge in [0.05, 0.1) is 0 Å². The molecule has 0 bridgehead atoms. The number of nitrogens with one attached hydrogen (secondary N) is 1. The Morgan fingerprint density at radius 3 is 2.22 bits per heavy atom. The van der Waals surface area contributed by atoms with E-state index in [4.69, 9.17) is 0 Å². The minimum absolute atomic E-state index is 0.924. The lowest BCUT2D eigenvalue weighted by Crippen LogP contribution is -2.13. The standard InChI is InChI=1S/C16H22N2/c1-12-5-7-15(8-6-12)10-17-11-16-9-13(2)18(4)14(16)3/h5-9,17H,10-11H2,1-4H3. The third-order valence-electron chi connectivity index (χ3n) is 3.65. The summed E-state index contributed by atoms with van der Waals surface area (Å²) in [5, 5.41) is 3.51. The quantitative estimate of drug-likeness (QED) is 0.871. The van der Waals surface area contributed by atoms with E-state index in [1.165, 1.54) is 28.1 Å². The molecule has 0 aliphatic rings. The monoisotopic (exact) mass is 242 g/mol. The smallest absolute Gasteiger partial charge is 0.0226 e. The molecule has 0 radical (unpaired) electrons. The van der Waals surface area contributed by atoms with Crippen molar-refractivity contribution in [3.8, 4) is 0 Å². The summed E-state index contributed by atoms with van der Waals surface area (Å²) >= 11 is 0. The van der Waals surface area contributed by atoms with Gasteiger partial charge in [-0.25, -0.2) is 0 Å². The molecular formula is C16H22N2. The molecule has 0 saturated carbocycles. The van der Waals surface area contributed by atoms with Gasteiger partial charge in [-0.2, -0.15) is 0 Å². The third-order valence-corrected chi connectivity index (χ3v) is 3.65. The van der Waals surface area contributed by atoms with Crippen LogP contribution in [0, 0.1) is 20.8 Å². The largest absolute Gasteiger partial charge is 0.352 e. The molecule has 18 heavy (non-hydrogen) atoms. The molecule has 1 aromatic heterocycles. The second-order valence-corrected chi connectivity index (χ2v) is 5.04. The van der Waals surface area contributed by atoms with E-state index in [2.05, 4.69) is 68.0 Å². The van der Waals surface area contributed by atoms with E-state index in [1.54, 1.807) is 0 Å². The van der Waals surface area contributed by atoms with Crippen LogP contribution < -0.4 is 5.32 Å². The molecular weight excluding hydrogens is 220 g/mol. The first-order chi connectivity index (χ1) is 8.58. The first-order valence-electron chi connectivity index (χ1n) is 6.46. The topological polar surface area (TPSA) is 17.0 Å². The molecule has 2 aromatic rings. The lowest BCUT2D eigenvalue weighted by molar-refractivity contribution is 0.687. The summed E-state index contributed by atoms with van der Waals surface area (Å²) in [6.45, 7) is 8.30. The van der Waals surface area contributed by atoms with E-state index >= 15 is 0 Å². The fourth-order valence-corrected chi connectivity index (χ4v) is 2.16. The van der Waals surface area contributed by atoms with Crippen molar-refractivity contribution >= 4 is 0 Å². The fourth-order valence-electron chi connectivity index (χ4n) is 2.16. The van der Waals surface area contributed by atoms with Crippen LogP contribution in [0.4, 0.5) is 0 Å². The SMILES string of the molecule is Cc1ccc(CNCc2cc(C)n(C)c2C)cc1. The predicted octanol–water partition coefficient (Wildman–Crippen LogP) is 3.24. The summed E-state index contributed by atoms with van der Waals surface area (Å²) in [6.07, 6.45) is 0. The second-order valence-electron chi connectivity index (χ2n) is 5.04. The molecule has 0 aliphatic heterocycles. The van der Waals surface area contributed by atoms with E-state index < -0.39 is 0 Å². The zero-order chi connectivity index (χ0) is 13.1. The maximum atomic E-state index is 3.51. The first-order valence-corrected chi connectivity index (χ1v) is 6.46. The Bertz CT molecular complexity index is 521. The van der Waals surface area contributed by atoms with E-state index in [9.17, 15) is 0 Å². The summed E-state index contributed by atoms with van der Waals surface area (Å²) in [5.41, 5.74) is 6.71. The van der Waals surface area contributed by atoms with Gasteiger partial charge in [0, 0.05) is 31.5 Å². The number of hydrogen-bond donors (Lipinski definition) is 1. The van der Waals surface area contributed by atoms with E-state index in [1.807, 2.05) is 0 Å². The summed E-state index contributed by atoms with van der Waals surface area (Å²) in [5.74, 6) is 0. The average molecular weight is 242 g/mol.